The number of terminal acetylenes is 1. The van der Waals surface area contributed by atoms with Crippen molar-refractivity contribution < 1.29 is 13.2 Å². The molecule has 0 amide bonds. The Kier molecular flexibility index (Phi) is 5.24. The number of hydrogen-bond acceptors (Lipinski definition) is 1. The first kappa shape index (κ1) is 15.1. The van der Waals surface area contributed by atoms with Crippen LogP contribution in [0.25, 0.3) is 0 Å². The Morgan fingerprint density at radius 2 is 2.11 bits per heavy atom. The van der Waals surface area contributed by atoms with Crippen molar-refractivity contribution in [3.05, 3.63) is 33.8 Å². The number of benzene rings is 1. The van der Waals surface area contributed by atoms with E-state index in [0.29, 0.717) is 22.9 Å². The molecule has 0 fully saturated rings. The summed E-state index contributed by atoms with van der Waals surface area (Å²) < 4.78 is 38.6. The lowest BCUT2D eigenvalue weighted by atomic mass is 10.00. The van der Waals surface area contributed by atoms with E-state index in [4.69, 9.17) is 6.42 Å². The molecule has 1 nitrogen and oxygen atoms in total. The Balaban J connectivity index is 3.10. The molecule has 98 valence electrons. The Bertz CT molecular complexity index is 449. The van der Waals surface area contributed by atoms with E-state index in [1.807, 2.05) is 0 Å². The predicted octanol–water partition coefficient (Wildman–Crippen LogP) is 4.14. The zero-order chi connectivity index (χ0) is 13.8. The Labute approximate surface area is 113 Å². The van der Waals surface area contributed by atoms with Crippen LogP contribution in [0.5, 0.6) is 0 Å². The monoisotopic (exact) mass is 319 g/mol. The first-order valence-electron chi connectivity index (χ1n) is 5.37. The molecule has 0 spiro atoms. The van der Waals surface area contributed by atoms with Gasteiger partial charge in [0.25, 0.3) is 0 Å². The summed E-state index contributed by atoms with van der Waals surface area (Å²) in [7, 11) is 1.70. The van der Waals surface area contributed by atoms with Crippen molar-refractivity contribution in [2.24, 2.45) is 0 Å². The highest BCUT2D eigenvalue weighted by atomic mass is 79.9. The zero-order valence-electron chi connectivity index (χ0n) is 9.81. The van der Waals surface area contributed by atoms with Gasteiger partial charge in [0, 0.05) is 16.9 Å². The van der Waals surface area contributed by atoms with Gasteiger partial charge in [-0.1, -0.05) is 15.9 Å². The van der Waals surface area contributed by atoms with Crippen molar-refractivity contribution in [1.29, 1.82) is 0 Å². The molecule has 0 aromatic heterocycles. The third-order valence-corrected chi connectivity index (χ3v) is 3.35. The van der Waals surface area contributed by atoms with Crippen LogP contribution in [0.1, 0.15) is 30.0 Å². The summed E-state index contributed by atoms with van der Waals surface area (Å²) in [5.41, 5.74) is -0.0794. The standard InChI is InChI=1S/C13H13BrF3N/c1-3-4-5-12(18-2)10-8-9(13(15,16)17)6-7-11(10)14/h1,6-8,12,18H,4-5H2,2H3. The second-order valence-corrected chi connectivity index (χ2v) is 4.67. The fourth-order valence-electron chi connectivity index (χ4n) is 1.67. The van der Waals surface area contributed by atoms with E-state index in [1.165, 1.54) is 6.07 Å². The summed E-state index contributed by atoms with van der Waals surface area (Å²) in [6, 6.07) is 3.43. The summed E-state index contributed by atoms with van der Waals surface area (Å²) in [6.07, 6.45) is 1.94. The zero-order valence-corrected chi connectivity index (χ0v) is 11.4. The van der Waals surface area contributed by atoms with Crippen LogP contribution in [-0.2, 0) is 6.18 Å². The molecule has 0 heterocycles. The van der Waals surface area contributed by atoms with Gasteiger partial charge in [0.1, 0.15) is 0 Å². The molecular weight excluding hydrogens is 307 g/mol. The number of hydrogen-bond donors (Lipinski definition) is 1. The minimum Gasteiger partial charge on any atom is -0.313 e. The van der Waals surface area contributed by atoms with Gasteiger partial charge in [0.15, 0.2) is 0 Å². The highest BCUT2D eigenvalue weighted by molar-refractivity contribution is 9.10. The van der Waals surface area contributed by atoms with Gasteiger partial charge in [-0.15, -0.1) is 12.3 Å². The van der Waals surface area contributed by atoms with Crippen molar-refractivity contribution in [3.63, 3.8) is 0 Å². The van der Waals surface area contributed by atoms with Gasteiger partial charge in [-0.3, -0.25) is 0 Å². The van der Waals surface area contributed by atoms with Crippen molar-refractivity contribution in [3.8, 4) is 12.3 Å². The Morgan fingerprint density at radius 1 is 1.44 bits per heavy atom. The largest absolute Gasteiger partial charge is 0.416 e. The summed E-state index contributed by atoms with van der Waals surface area (Å²) in [5, 5.41) is 2.98. The van der Waals surface area contributed by atoms with Gasteiger partial charge < -0.3 is 5.32 Å². The number of rotatable bonds is 4. The van der Waals surface area contributed by atoms with Crippen LogP contribution in [-0.4, -0.2) is 7.05 Å². The highest BCUT2D eigenvalue weighted by Gasteiger charge is 2.31. The number of halogens is 4. The van der Waals surface area contributed by atoms with E-state index in [9.17, 15) is 13.2 Å². The maximum Gasteiger partial charge on any atom is 0.416 e. The van der Waals surface area contributed by atoms with Gasteiger partial charge in [-0.05, 0) is 37.2 Å². The van der Waals surface area contributed by atoms with Crippen LogP contribution in [0.4, 0.5) is 13.2 Å². The quantitative estimate of drug-likeness (QED) is 0.822. The molecule has 1 atom stereocenters. The molecule has 0 bridgehead atoms. The second-order valence-electron chi connectivity index (χ2n) is 3.82. The molecule has 5 heteroatoms. The van der Waals surface area contributed by atoms with Gasteiger partial charge in [0.05, 0.1) is 5.56 Å². The van der Waals surface area contributed by atoms with Crippen LogP contribution >= 0.6 is 15.9 Å². The van der Waals surface area contributed by atoms with Crippen molar-refractivity contribution in [2.75, 3.05) is 7.05 Å². The summed E-state index contributed by atoms with van der Waals surface area (Å²) in [4.78, 5) is 0. The normalized spacial score (nSPS) is 13.1. The van der Waals surface area contributed by atoms with E-state index < -0.39 is 11.7 Å². The van der Waals surface area contributed by atoms with Crippen molar-refractivity contribution in [2.45, 2.75) is 25.1 Å². The SMILES string of the molecule is C#CCCC(NC)c1cc(C(F)(F)F)ccc1Br. The Hall–Kier alpha value is -0.990. The van der Waals surface area contributed by atoms with Crippen LogP contribution in [0, 0.1) is 12.3 Å². The van der Waals surface area contributed by atoms with Crippen molar-refractivity contribution in [1.82, 2.24) is 5.32 Å². The maximum absolute atomic E-state index is 12.7. The minimum absolute atomic E-state index is 0.197. The van der Waals surface area contributed by atoms with Gasteiger partial charge >= 0.3 is 6.18 Å². The van der Waals surface area contributed by atoms with Crippen LogP contribution in [0.15, 0.2) is 22.7 Å². The highest BCUT2D eigenvalue weighted by Crippen LogP contribution is 2.34. The smallest absolute Gasteiger partial charge is 0.313 e. The third-order valence-electron chi connectivity index (χ3n) is 2.62. The lowest BCUT2D eigenvalue weighted by molar-refractivity contribution is -0.137. The third kappa shape index (κ3) is 3.76. The summed E-state index contributed by atoms with van der Waals surface area (Å²) in [6.45, 7) is 0. The van der Waals surface area contributed by atoms with Crippen LogP contribution in [0.2, 0.25) is 0 Å². The van der Waals surface area contributed by atoms with E-state index in [-0.39, 0.29) is 6.04 Å². The van der Waals surface area contributed by atoms with E-state index in [2.05, 4.69) is 27.2 Å². The first-order chi connectivity index (χ1) is 8.40. The lowest BCUT2D eigenvalue weighted by Gasteiger charge is -2.19. The average Bonchev–Trinajstić information content (AvgIpc) is 2.30. The minimum atomic E-state index is -4.33. The fraction of sp³-hybridized carbons (Fsp3) is 0.385. The van der Waals surface area contributed by atoms with Crippen molar-refractivity contribution >= 4 is 15.9 Å². The summed E-state index contributed by atoms with van der Waals surface area (Å²) >= 11 is 3.27. The summed E-state index contributed by atoms with van der Waals surface area (Å²) in [5.74, 6) is 2.49. The molecule has 0 aliphatic carbocycles. The molecule has 18 heavy (non-hydrogen) atoms. The average molecular weight is 320 g/mol. The van der Waals surface area contributed by atoms with E-state index in [0.717, 1.165) is 12.1 Å². The van der Waals surface area contributed by atoms with Crippen LogP contribution in [0.3, 0.4) is 0 Å². The Morgan fingerprint density at radius 3 is 2.61 bits per heavy atom. The molecule has 1 N–H and O–H groups in total. The molecule has 0 aliphatic heterocycles. The van der Waals surface area contributed by atoms with Gasteiger partial charge in [-0.2, -0.15) is 13.2 Å². The molecule has 0 radical (unpaired) electrons. The molecule has 1 aromatic rings. The molecular formula is C13H13BrF3N. The van der Waals surface area contributed by atoms with Gasteiger partial charge in [0.2, 0.25) is 0 Å². The molecule has 0 aliphatic rings. The van der Waals surface area contributed by atoms with Gasteiger partial charge in [-0.25, -0.2) is 0 Å². The first-order valence-corrected chi connectivity index (χ1v) is 6.16. The van der Waals surface area contributed by atoms with E-state index >= 15 is 0 Å². The molecule has 1 unspecified atom stereocenters. The lowest BCUT2D eigenvalue weighted by Crippen LogP contribution is -2.18. The second kappa shape index (κ2) is 6.26. The van der Waals surface area contributed by atoms with E-state index in [1.54, 1.807) is 7.05 Å². The number of alkyl halides is 3. The number of nitrogens with one attached hydrogen (secondary N) is 1. The van der Waals surface area contributed by atoms with Crippen LogP contribution < -0.4 is 5.32 Å². The molecule has 0 saturated carbocycles. The molecule has 0 saturated heterocycles. The predicted molar refractivity (Wildman–Crippen MR) is 69.0 cm³/mol. The molecule has 1 rings (SSSR count). The maximum atomic E-state index is 12.7. The fourth-order valence-corrected chi connectivity index (χ4v) is 2.19. The topological polar surface area (TPSA) is 12.0 Å². The molecule has 1 aromatic carbocycles.